The number of allylic oxidation sites excluding steroid dienone is 2. The molecule has 0 spiro atoms. The molecule has 1 atom stereocenters. The van der Waals surface area contributed by atoms with Crippen LogP contribution in [-0.4, -0.2) is 16.4 Å². The van der Waals surface area contributed by atoms with Gasteiger partial charge in [-0.25, -0.2) is 0 Å². The third-order valence-corrected chi connectivity index (χ3v) is 3.73. The Morgan fingerprint density at radius 3 is 2.53 bits per heavy atom. The highest BCUT2D eigenvalue weighted by molar-refractivity contribution is 9.09. The van der Waals surface area contributed by atoms with Crippen molar-refractivity contribution in [3.8, 4) is 0 Å². The second kappa shape index (κ2) is 6.11. The molecule has 0 bridgehead atoms. The predicted octanol–water partition coefficient (Wildman–Crippen LogP) is 3.61. The maximum atomic E-state index is 10.9. The van der Waals surface area contributed by atoms with E-state index < -0.39 is 5.60 Å². The summed E-state index contributed by atoms with van der Waals surface area (Å²) in [4.78, 5) is 11.0. The Labute approximate surface area is 101 Å². The molecule has 0 N–H and O–H groups in total. The second-order valence-electron chi connectivity index (χ2n) is 4.07. The molecule has 3 heteroatoms. The average molecular weight is 275 g/mol. The molecule has 15 heavy (non-hydrogen) atoms. The molecule has 2 nitrogen and oxygen atoms in total. The molecule has 0 aliphatic rings. The van der Waals surface area contributed by atoms with Crippen LogP contribution in [0.1, 0.15) is 33.6 Å². The first-order valence-corrected chi connectivity index (χ1v) is 5.85. The first-order chi connectivity index (χ1) is 6.79. The first kappa shape index (κ1) is 14.4. The van der Waals surface area contributed by atoms with Gasteiger partial charge in [0.1, 0.15) is 5.60 Å². The number of esters is 1. The molecule has 0 saturated heterocycles. The molecule has 0 aliphatic heterocycles. The minimum atomic E-state index is -0.493. The van der Waals surface area contributed by atoms with Gasteiger partial charge in [-0.05, 0) is 26.7 Å². The Bertz CT molecular complexity index is 256. The normalized spacial score (nSPS) is 13.1. The zero-order chi connectivity index (χ0) is 12.1. The number of hydrogen-bond acceptors (Lipinski definition) is 2. The van der Waals surface area contributed by atoms with E-state index in [0.717, 1.165) is 18.4 Å². The molecular weight excluding hydrogens is 256 g/mol. The van der Waals surface area contributed by atoms with Crippen LogP contribution in [0.4, 0.5) is 0 Å². The van der Waals surface area contributed by atoms with Gasteiger partial charge in [-0.2, -0.15) is 0 Å². The largest absolute Gasteiger partial charge is 0.459 e. The summed E-state index contributed by atoms with van der Waals surface area (Å²) in [5.41, 5.74) is 0.505. The first-order valence-electron chi connectivity index (χ1n) is 4.93. The summed E-state index contributed by atoms with van der Waals surface area (Å²) >= 11 is 3.53. The molecule has 0 saturated carbocycles. The van der Waals surface area contributed by atoms with E-state index in [-0.39, 0.29) is 10.8 Å². The summed E-state index contributed by atoms with van der Waals surface area (Å²) in [5, 5.41) is 0. The maximum absolute atomic E-state index is 10.9. The van der Waals surface area contributed by atoms with E-state index >= 15 is 0 Å². The highest BCUT2D eigenvalue weighted by atomic mass is 79.9. The van der Waals surface area contributed by atoms with Crippen LogP contribution in [0.3, 0.4) is 0 Å². The molecule has 0 aromatic carbocycles. The SMILES string of the molecule is C=CC(=C)CCC(Br)C(C)(C)OC(C)=O. The van der Waals surface area contributed by atoms with E-state index in [4.69, 9.17) is 4.74 Å². The molecule has 0 aliphatic carbocycles. The van der Waals surface area contributed by atoms with Gasteiger partial charge in [0.05, 0.1) is 4.83 Å². The maximum Gasteiger partial charge on any atom is 0.303 e. The number of carbonyl (C=O) groups is 1. The van der Waals surface area contributed by atoms with Crippen molar-refractivity contribution in [1.82, 2.24) is 0 Å². The Balaban J connectivity index is 4.17. The Morgan fingerprint density at radius 2 is 2.13 bits per heavy atom. The summed E-state index contributed by atoms with van der Waals surface area (Å²) < 4.78 is 5.22. The van der Waals surface area contributed by atoms with Gasteiger partial charge in [0.2, 0.25) is 0 Å². The fourth-order valence-electron chi connectivity index (χ4n) is 1.20. The molecule has 0 aromatic heterocycles. The van der Waals surface area contributed by atoms with Crippen LogP contribution >= 0.6 is 15.9 Å². The van der Waals surface area contributed by atoms with Crippen LogP contribution in [0.15, 0.2) is 24.8 Å². The van der Waals surface area contributed by atoms with Crippen LogP contribution in [-0.2, 0) is 9.53 Å². The molecule has 0 radical (unpaired) electrons. The van der Waals surface area contributed by atoms with Crippen LogP contribution in [0.25, 0.3) is 0 Å². The van der Waals surface area contributed by atoms with Gasteiger partial charge >= 0.3 is 5.97 Å². The summed E-state index contributed by atoms with van der Waals surface area (Å²) in [6, 6.07) is 0. The summed E-state index contributed by atoms with van der Waals surface area (Å²) in [7, 11) is 0. The lowest BCUT2D eigenvalue weighted by Crippen LogP contribution is -2.36. The van der Waals surface area contributed by atoms with Crippen molar-refractivity contribution in [3.63, 3.8) is 0 Å². The Kier molecular flexibility index (Phi) is 5.88. The smallest absolute Gasteiger partial charge is 0.303 e. The molecule has 0 heterocycles. The molecule has 0 rings (SSSR count). The number of halogens is 1. The van der Waals surface area contributed by atoms with Crippen LogP contribution in [0.5, 0.6) is 0 Å². The minimum absolute atomic E-state index is 0.116. The fourth-order valence-corrected chi connectivity index (χ4v) is 1.52. The van der Waals surface area contributed by atoms with E-state index in [1.54, 1.807) is 6.08 Å². The third kappa shape index (κ3) is 5.78. The quantitative estimate of drug-likeness (QED) is 0.420. The zero-order valence-corrected chi connectivity index (χ0v) is 11.3. The lowest BCUT2D eigenvalue weighted by molar-refractivity contribution is -0.153. The number of hydrogen-bond donors (Lipinski definition) is 0. The van der Waals surface area contributed by atoms with Crippen molar-refractivity contribution in [3.05, 3.63) is 24.8 Å². The fraction of sp³-hybridized carbons (Fsp3) is 0.583. The molecular formula is C12H19BrO2. The third-order valence-electron chi connectivity index (χ3n) is 2.17. The molecule has 0 aromatic rings. The van der Waals surface area contributed by atoms with Crippen LogP contribution in [0.2, 0.25) is 0 Å². The highest BCUT2D eigenvalue weighted by Crippen LogP contribution is 2.27. The van der Waals surface area contributed by atoms with Gasteiger partial charge in [-0.15, -0.1) is 0 Å². The minimum Gasteiger partial charge on any atom is -0.459 e. The molecule has 0 amide bonds. The van der Waals surface area contributed by atoms with Crippen molar-refractivity contribution < 1.29 is 9.53 Å². The highest BCUT2D eigenvalue weighted by Gasteiger charge is 2.30. The summed E-state index contributed by atoms with van der Waals surface area (Å²) in [6.45, 7) is 12.7. The predicted molar refractivity (Wildman–Crippen MR) is 67.1 cm³/mol. The van der Waals surface area contributed by atoms with E-state index in [0.29, 0.717) is 0 Å². The number of carbonyl (C=O) groups excluding carboxylic acids is 1. The van der Waals surface area contributed by atoms with Gasteiger partial charge in [0.25, 0.3) is 0 Å². The number of alkyl halides is 1. The monoisotopic (exact) mass is 274 g/mol. The van der Waals surface area contributed by atoms with Gasteiger partial charge in [0.15, 0.2) is 0 Å². The zero-order valence-electron chi connectivity index (χ0n) is 9.68. The lowest BCUT2D eigenvalue weighted by Gasteiger charge is -2.29. The van der Waals surface area contributed by atoms with Gasteiger partial charge in [0, 0.05) is 6.92 Å². The van der Waals surface area contributed by atoms with Crippen molar-refractivity contribution >= 4 is 21.9 Å². The Morgan fingerprint density at radius 1 is 1.60 bits per heavy atom. The average Bonchev–Trinajstić information content (AvgIpc) is 2.11. The summed E-state index contributed by atoms with van der Waals surface area (Å²) in [6.07, 6.45) is 3.47. The van der Waals surface area contributed by atoms with Gasteiger partial charge in [-0.3, -0.25) is 4.79 Å². The second-order valence-corrected chi connectivity index (χ2v) is 5.17. The van der Waals surface area contributed by atoms with Crippen molar-refractivity contribution in [2.75, 3.05) is 0 Å². The van der Waals surface area contributed by atoms with Crippen molar-refractivity contribution in [2.24, 2.45) is 0 Å². The molecule has 1 unspecified atom stereocenters. The van der Waals surface area contributed by atoms with E-state index in [9.17, 15) is 4.79 Å². The standard InChI is InChI=1S/C12H19BrO2/c1-6-9(2)7-8-11(13)12(4,5)15-10(3)14/h6,11H,1-2,7-8H2,3-5H3. The Hall–Kier alpha value is -0.570. The van der Waals surface area contributed by atoms with Gasteiger partial charge in [-0.1, -0.05) is 40.7 Å². The van der Waals surface area contributed by atoms with E-state index in [1.165, 1.54) is 6.92 Å². The molecule has 86 valence electrons. The van der Waals surface area contributed by atoms with E-state index in [1.807, 2.05) is 13.8 Å². The molecule has 0 fully saturated rings. The number of ether oxygens (including phenoxy) is 1. The van der Waals surface area contributed by atoms with Crippen LogP contribution in [0, 0.1) is 0 Å². The number of rotatable bonds is 6. The lowest BCUT2D eigenvalue weighted by atomic mass is 9.99. The van der Waals surface area contributed by atoms with Crippen molar-refractivity contribution in [2.45, 2.75) is 44.0 Å². The van der Waals surface area contributed by atoms with Crippen LogP contribution < -0.4 is 0 Å². The summed E-state index contributed by atoms with van der Waals surface area (Å²) in [5.74, 6) is -0.257. The van der Waals surface area contributed by atoms with Crippen molar-refractivity contribution in [1.29, 1.82) is 0 Å². The topological polar surface area (TPSA) is 26.3 Å². The van der Waals surface area contributed by atoms with E-state index in [2.05, 4.69) is 29.1 Å². The van der Waals surface area contributed by atoms with Gasteiger partial charge < -0.3 is 4.74 Å².